The third-order valence-electron chi connectivity index (χ3n) is 4.47. The third-order valence-corrected chi connectivity index (χ3v) is 4.47. The van der Waals surface area contributed by atoms with Crippen molar-refractivity contribution >= 4 is 35.9 Å². The van der Waals surface area contributed by atoms with Gasteiger partial charge in [0.05, 0.1) is 32.1 Å². The van der Waals surface area contributed by atoms with E-state index in [1.807, 2.05) is 48.5 Å². The number of H-pyrrole nitrogens is 1. The molecule has 0 bridgehead atoms. The molecule has 160 valence electrons. The summed E-state index contributed by atoms with van der Waals surface area (Å²) in [5, 5.41) is 3.23. The first kappa shape index (κ1) is 23.5. The van der Waals surface area contributed by atoms with Gasteiger partial charge in [-0.2, -0.15) is 0 Å². The van der Waals surface area contributed by atoms with E-state index in [0.29, 0.717) is 36.1 Å². The lowest BCUT2D eigenvalue weighted by atomic mass is 10.2. The summed E-state index contributed by atoms with van der Waals surface area (Å²) < 4.78 is 10.4. The number of aromatic amines is 1. The zero-order chi connectivity index (χ0) is 20.8. The number of guanidine groups is 1. The minimum absolute atomic E-state index is 0. The molecule has 0 spiro atoms. The fourth-order valence-electron chi connectivity index (χ4n) is 3.00. The number of aryl methyl sites for hydroxylation is 1. The average molecular weight is 523 g/mol. The summed E-state index contributed by atoms with van der Waals surface area (Å²) in [6, 6.07) is 11.7. The molecule has 2 N–H and O–H groups in total. The zero-order valence-electron chi connectivity index (χ0n) is 17.4. The number of hydrogen-bond acceptors (Lipinski definition) is 5. The van der Waals surface area contributed by atoms with E-state index in [1.54, 1.807) is 20.0 Å². The molecule has 0 amide bonds. The van der Waals surface area contributed by atoms with Crippen LogP contribution in [0.25, 0.3) is 11.3 Å². The second-order valence-corrected chi connectivity index (χ2v) is 6.54. The Morgan fingerprint density at radius 1 is 1.33 bits per heavy atom. The molecule has 0 atom stereocenters. The van der Waals surface area contributed by atoms with Gasteiger partial charge in [-0.05, 0) is 18.6 Å². The largest absolute Gasteiger partial charge is 0.465 e. The summed E-state index contributed by atoms with van der Waals surface area (Å²) in [5.74, 6) is 2.25. The Bertz CT molecular complexity index is 997. The highest BCUT2D eigenvalue weighted by atomic mass is 127. The van der Waals surface area contributed by atoms with Crippen molar-refractivity contribution in [1.29, 1.82) is 0 Å². The summed E-state index contributed by atoms with van der Waals surface area (Å²) >= 11 is 0. The Morgan fingerprint density at radius 3 is 2.73 bits per heavy atom. The molecule has 2 heterocycles. The number of rotatable bonds is 6. The first-order valence-electron chi connectivity index (χ1n) is 9.20. The predicted molar refractivity (Wildman–Crippen MR) is 126 cm³/mol. The van der Waals surface area contributed by atoms with Crippen LogP contribution in [0.1, 0.15) is 27.7 Å². The summed E-state index contributed by atoms with van der Waals surface area (Å²) in [4.78, 5) is 25.8. The van der Waals surface area contributed by atoms with Crippen LogP contribution in [0.5, 0.6) is 0 Å². The molecular weight excluding hydrogens is 497 g/mol. The van der Waals surface area contributed by atoms with E-state index in [0.717, 1.165) is 17.1 Å². The Labute approximate surface area is 192 Å². The number of ether oxygens (including phenoxy) is 1. The molecule has 30 heavy (non-hydrogen) atoms. The van der Waals surface area contributed by atoms with E-state index in [9.17, 15) is 4.79 Å². The van der Waals surface area contributed by atoms with Gasteiger partial charge in [0, 0.05) is 14.1 Å². The lowest BCUT2D eigenvalue weighted by Crippen LogP contribution is -2.38. The van der Waals surface area contributed by atoms with Gasteiger partial charge in [-0.1, -0.05) is 30.3 Å². The maximum atomic E-state index is 11.7. The van der Waals surface area contributed by atoms with Crippen LogP contribution >= 0.6 is 24.0 Å². The Kier molecular flexibility index (Phi) is 8.46. The molecular formula is C21H26IN5O3. The van der Waals surface area contributed by atoms with Crippen molar-refractivity contribution in [1.82, 2.24) is 20.2 Å². The number of imidazole rings is 1. The van der Waals surface area contributed by atoms with Gasteiger partial charge in [0.2, 0.25) is 0 Å². The monoisotopic (exact) mass is 523 g/mol. The molecule has 1 aromatic carbocycles. The van der Waals surface area contributed by atoms with Gasteiger partial charge in [0.15, 0.2) is 5.96 Å². The third kappa shape index (κ3) is 5.62. The van der Waals surface area contributed by atoms with Crippen molar-refractivity contribution in [2.45, 2.75) is 20.0 Å². The minimum Gasteiger partial charge on any atom is -0.465 e. The second-order valence-electron chi connectivity index (χ2n) is 6.54. The smallest absolute Gasteiger partial charge is 0.341 e. The number of aliphatic imine (C=N–C) groups is 1. The molecule has 0 aliphatic heterocycles. The number of carbonyl (C=O) groups is 1. The van der Waals surface area contributed by atoms with Gasteiger partial charge in [0.25, 0.3) is 0 Å². The molecule has 0 aliphatic rings. The molecule has 3 rings (SSSR count). The maximum Gasteiger partial charge on any atom is 0.341 e. The van der Waals surface area contributed by atoms with E-state index in [-0.39, 0.29) is 24.0 Å². The molecule has 8 nitrogen and oxygen atoms in total. The van der Waals surface area contributed by atoms with Crippen molar-refractivity contribution in [3.05, 3.63) is 65.5 Å². The lowest BCUT2D eigenvalue weighted by Gasteiger charge is -2.20. The van der Waals surface area contributed by atoms with Crippen LogP contribution in [0.4, 0.5) is 0 Å². The van der Waals surface area contributed by atoms with Crippen molar-refractivity contribution in [2.75, 3.05) is 21.2 Å². The number of nitrogens with one attached hydrogen (secondary N) is 2. The van der Waals surface area contributed by atoms with Crippen LogP contribution < -0.4 is 5.32 Å². The fourth-order valence-corrected chi connectivity index (χ4v) is 3.00. The van der Waals surface area contributed by atoms with Crippen LogP contribution in [0.2, 0.25) is 0 Å². The van der Waals surface area contributed by atoms with E-state index in [4.69, 9.17) is 9.15 Å². The average Bonchev–Trinajstić information content (AvgIpc) is 3.35. The minimum atomic E-state index is -0.411. The number of esters is 1. The van der Waals surface area contributed by atoms with Crippen LogP contribution in [0.3, 0.4) is 0 Å². The summed E-state index contributed by atoms with van der Waals surface area (Å²) in [5.41, 5.74) is 2.49. The van der Waals surface area contributed by atoms with Crippen LogP contribution in [0, 0.1) is 6.92 Å². The van der Waals surface area contributed by atoms with E-state index in [2.05, 4.69) is 20.3 Å². The van der Waals surface area contributed by atoms with Crippen molar-refractivity contribution in [3.63, 3.8) is 0 Å². The normalized spacial score (nSPS) is 11.0. The molecule has 2 aromatic heterocycles. The van der Waals surface area contributed by atoms with Crippen LogP contribution in [-0.4, -0.2) is 48.0 Å². The number of halogens is 1. The van der Waals surface area contributed by atoms with Gasteiger partial charge in [-0.25, -0.2) is 9.78 Å². The second kappa shape index (κ2) is 10.8. The lowest BCUT2D eigenvalue weighted by molar-refractivity contribution is 0.0599. The van der Waals surface area contributed by atoms with Crippen molar-refractivity contribution < 1.29 is 13.9 Å². The number of hydrogen-bond donors (Lipinski definition) is 2. The Hall–Kier alpha value is -2.82. The first-order valence-corrected chi connectivity index (χ1v) is 9.20. The van der Waals surface area contributed by atoms with Crippen molar-refractivity contribution in [2.24, 2.45) is 4.99 Å². The first-order chi connectivity index (χ1) is 14.0. The summed E-state index contributed by atoms with van der Waals surface area (Å²) in [6.45, 7) is 2.68. The number of benzene rings is 1. The predicted octanol–water partition coefficient (Wildman–Crippen LogP) is 3.59. The molecule has 0 saturated heterocycles. The quantitative estimate of drug-likeness (QED) is 0.222. The van der Waals surface area contributed by atoms with E-state index in [1.165, 1.54) is 7.11 Å². The van der Waals surface area contributed by atoms with Crippen LogP contribution in [-0.2, 0) is 17.8 Å². The molecule has 0 radical (unpaired) electrons. The number of methoxy groups -OCH3 is 1. The number of nitrogens with zero attached hydrogens (tertiary/aromatic N) is 3. The number of furan rings is 1. The maximum absolute atomic E-state index is 11.7. The van der Waals surface area contributed by atoms with Crippen LogP contribution in [0.15, 0.2) is 52.0 Å². The fraction of sp³-hybridized carbons (Fsp3) is 0.286. The molecule has 3 aromatic rings. The number of aromatic nitrogens is 2. The summed E-state index contributed by atoms with van der Waals surface area (Å²) in [7, 11) is 4.98. The highest BCUT2D eigenvalue weighted by Crippen LogP contribution is 2.17. The molecule has 9 heteroatoms. The van der Waals surface area contributed by atoms with Gasteiger partial charge >= 0.3 is 5.97 Å². The molecule has 0 unspecified atom stereocenters. The SMILES string of the molecule is CN=C(NCc1cc(C(=O)OC)c(C)o1)N(C)Cc1ncc(-c2ccccc2)[nH]1.I. The molecule has 0 saturated carbocycles. The highest BCUT2D eigenvalue weighted by molar-refractivity contribution is 14.0. The molecule has 0 fully saturated rings. The van der Waals surface area contributed by atoms with Gasteiger partial charge in [-0.15, -0.1) is 24.0 Å². The standard InChI is InChI=1S/C21H25N5O3.HI/c1-14-17(20(27)28-4)10-16(29-14)11-24-21(22-2)26(3)13-19-23-12-18(25-19)15-8-6-5-7-9-15;/h5-10,12H,11,13H2,1-4H3,(H,22,24)(H,23,25);1H. The van der Waals surface area contributed by atoms with Crippen molar-refractivity contribution in [3.8, 4) is 11.3 Å². The topological polar surface area (TPSA) is 95.8 Å². The summed E-state index contributed by atoms with van der Waals surface area (Å²) in [6.07, 6.45) is 1.83. The Balaban J connectivity index is 0.00000320. The van der Waals surface area contributed by atoms with Gasteiger partial charge in [-0.3, -0.25) is 4.99 Å². The van der Waals surface area contributed by atoms with E-state index < -0.39 is 5.97 Å². The van der Waals surface area contributed by atoms with Gasteiger partial charge in [0.1, 0.15) is 22.9 Å². The van der Waals surface area contributed by atoms with Gasteiger partial charge < -0.3 is 24.4 Å². The Morgan fingerprint density at radius 2 is 2.07 bits per heavy atom. The highest BCUT2D eigenvalue weighted by Gasteiger charge is 2.16. The number of carbonyl (C=O) groups excluding carboxylic acids is 1. The van der Waals surface area contributed by atoms with E-state index >= 15 is 0 Å². The zero-order valence-corrected chi connectivity index (χ0v) is 19.8. The molecule has 0 aliphatic carbocycles.